The number of thioether (sulfide) groups is 1. The summed E-state index contributed by atoms with van der Waals surface area (Å²) in [6.45, 7) is 1.92. The number of nitrogens with zero attached hydrogens (tertiary/aromatic N) is 1. The minimum absolute atomic E-state index is 0.0741. The molecule has 1 rings (SSSR count). The summed E-state index contributed by atoms with van der Waals surface area (Å²) in [6, 6.07) is 4.27. The Hall–Kier alpha value is -1.10. The Morgan fingerprint density at radius 2 is 2.38 bits per heavy atom. The van der Waals surface area contributed by atoms with E-state index in [1.54, 1.807) is 11.8 Å². The number of carbonyl (C=O) groups excluding carboxylic acids is 1. The first-order valence-electron chi connectivity index (χ1n) is 5.06. The lowest BCUT2D eigenvalue weighted by atomic mass is 10.2. The van der Waals surface area contributed by atoms with E-state index >= 15 is 0 Å². The van der Waals surface area contributed by atoms with E-state index in [1.165, 1.54) is 18.2 Å². The monoisotopic (exact) mass is 242 g/mol. The number of carbonyl (C=O) groups is 1. The Bertz CT molecular complexity index is 360. The van der Waals surface area contributed by atoms with Gasteiger partial charge in [-0.15, -0.1) is 0 Å². The molecule has 88 valence electrons. The molecule has 5 heteroatoms. The summed E-state index contributed by atoms with van der Waals surface area (Å²) in [5, 5.41) is 2.78. The predicted molar refractivity (Wildman–Crippen MR) is 64.1 cm³/mol. The molecular weight excluding hydrogens is 227 g/mol. The van der Waals surface area contributed by atoms with Gasteiger partial charge in [0.15, 0.2) is 0 Å². The van der Waals surface area contributed by atoms with Gasteiger partial charge in [0.1, 0.15) is 5.69 Å². The third-order valence-corrected chi connectivity index (χ3v) is 2.72. The lowest BCUT2D eigenvalue weighted by molar-refractivity contribution is 0.0933. The van der Waals surface area contributed by atoms with Crippen LogP contribution in [0.3, 0.4) is 0 Å². The minimum Gasteiger partial charge on any atom is -0.348 e. The number of hydrogen-bond acceptors (Lipinski definition) is 3. The number of halogens is 1. The number of nitrogens with one attached hydrogen (secondary N) is 1. The Kier molecular flexibility index (Phi) is 5.25. The fourth-order valence-corrected chi connectivity index (χ4v) is 1.79. The third kappa shape index (κ3) is 4.18. The van der Waals surface area contributed by atoms with Crippen molar-refractivity contribution in [1.82, 2.24) is 10.3 Å². The van der Waals surface area contributed by atoms with Gasteiger partial charge in [-0.25, -0.2) is 4.98 Å². The van der Waals surface area contributed by atoms with Crippen LogP contribution in [0.2, 0.25) is 0 Å². The van der Waals surface area contributed by atoms with Crippen molar-refractivity contribution in [2.24, 2.45) is 0 Å². The van der Waals surface area contributed by atoms with Gasteiger partial charge in [0.25, 0.3) is 5.91 Å². The maximum absolute atomic E-state index is 12.8. The number of rotatable bonds is 5. The Morgan fingerprint density at radius 1 is 1.62 bits per heavy atom. The highest BCUT2D eigenvalue weighted by atomic mass is 32.2. The molecule has 0 aromatic carbocycles. The van der Waals surface area contributed by atoms with Crippen LogP contribution < -0.4 is 5.32 Å². The van der Waals surface area contributed by atoms with Gasteiger partial charge in [0.2, 0.25) is 5.95 Å². The summed E-state index contributed by atoms with van der Waals surface area (Å²) in [6.07, 6.45) is 2.91. The first-order valence-corrected chi connectivity index (χ1v) is 6.45. The number of hydrogen-bond donors (Lipinski definition) is 1. The molecule has 0 aliphatic heterocycles. The lowest BCUT2D eigenvalue weighted by Crippen LogP contribution is -2.33. The van der Waals surface area contributed by atoms with Crippen molar-refractivity contribution in [2.45, 2.75) is 19.4 Å². The zero-order valence-corrected chi connectivity index (χ0v) is 10.2. The van der Waals surface area contributed by atoms with Crippen LogP contribution in [0.4, 0.5) is 4.39 Å². The predicted octanol–water partition coefficient (Wildman–Crippen LogP) is 2.09. The second kappa shape index (κ2) is 6.48. The van der Waals surface area contributed by atoms with Gasteiger partial charge in [-0.1, -0.05) is 6.07 Å². The topological polar surface area (TPSA) is 42.0 Å². The van der Waals surface area contributed by atoms with Crippen LogP contribution in [-0.2, 0) is 0 Å². The quantitative estimate of drug-likeness (QED) is 0.804. The largest absolute Gasteiger partial charge is 0.348 e. The summed E-state index contributed by atoms with van der Waals surface area (Å²) in [4.78, 5) is 15.1. The van der Waals surface area contributed by atoms with E-state index in [0.29, 0.717) is 0 Å². The smallest absolute Gasteiger partial charge is 0.270 e. The fraction of sp³-hybridized carbons (Fsp3) is 0.455. The molecule has 0 aliphatic rings. The summed E-state index contributed by atoms with van der Waals surface area (Å²) in [5.41, 5.74) is 0.121. The number of pyridine rings is 1. The van der Waals surface area contributed by atoms with Crippen LogP contribution in [0.1, 0.15) is 23.8 Å². The van der Waals surface area contributed by atoms with Crippen molar-refractivity contribution in [2.75, 3.05) is 12.0 Å². The van der Waals surface area contributed by atoms with E-state index in [1.807, 2.05) is 13.2 Å². The second-order valence-corrected chi connectivity index (χ2v) is 4.49. The molecule has 1 heterocycles. The molecule has 3 nitrogen and oxygen atoms in total. The molecule has 0 radical (unpaired) electrons. The lowest BCUT2D eigenvalue weighted by Gasteiger charge is -2.12. The zero-order chi connectivity index (χ0) is 12.0. The van der Waals surface area contributed by atoms with Gasteiger partial charge in [0.05, 0.1) is 0 Å². The third-order valence-electron chi connectivity index (χ3n) is 2.08. The molecular formula is C11H15FN2OS. The molecule has 0 spiro atoms. The van der Waals surface area contributed by atoms with Crippen LogP contribution in [0.5, 0.6) is 0 Å². The molecule has 0 saturated heterocycles. The highest BCUT2D eigenvalue weighted by Crippen LogP contribution is 2.02. The van der Waals surface area contributed by atoms with Gasteiger partial charge >= 0.3 is 0 Å². The Balaban J connectivity index is 2.52. The van der Waals surface area contributed by atoms with Crippen molar-refractivity contribution in [1.29, 1.82) is 0 Å². The normalized spacial score (nSPS) is 12.2. The first kappa shape index (κ1) is 13.0. The van der Waals surface area contributed by atoms with Crippen molar-refractivity contribution in [3.8, 4) is 0 Å². The van der Waals surface area contributed by atoms with Crippen LogP contribution in [0, 0.1) is 5.95 Å². The van der Waals surface area contributed by atoms with E-state index in [0.717, 1.165) is 12.2 Å². The van der Waals surface area contributed by atoms with Gasteiger partial charge in [0, 0.05) is 6.04 Å². The van der Waals surface area contributed by atoms with Crippen molar-refractivity contribution in [3.63, 3.8) is 0 Å². The molecule has 0 fully saturated rings. The minimum atomic E-state index is -0.635. The highest BCUT2D eigenvalue weighted by Gasteiger charge is 2.11. The number of amides is 1. The van der Waals surface area contributed by atoms with E-state index in [2.05, 4.69) is 10.3 Å². The summed E-state index contributed by atoms with van der Waals surface area (Å²) < 4.78 is 12.8. The molecule has 0 saturated carbocycles. The van der Waals surface area contributed by atoms with Gasteiger partial charge in [-0.2, -0.15) is 16.2 Å². The molecule has 1 N–H and O–H groups in total. The molecule has 0 bridgehead atoms. The van der Waals surface area contributed by atoms with Crippen molar-refractivity contribution in [3.05, 3.63) is 29.8 Å². The molecule has 0 aliphatic carbocycles. The highest BCUT2D eigenvalue weighted by molar-refractivity contribution is 7.98. The molecule has 1 aromatic rings. The summed E-state index contributed by atoms with van der Waals surface area (Å²) >= 11 is 1.73. The van der Waals surface area contributed by atoms with E-state index in [4.69, 9.17) is 0 Å². The maximum Gasteiger partial charge on any atom is 0.270 e. The summed E-state index contributed by atoms with van der Waals surface area (Å²) in [5.74, 6) is 0.0235. The average molecular weight is 242 g/mol. The molecule has 1 amide bonds. The molecule has 1 unspecified atom stereocenters. The standard InChI is InChI=1S/C11H15FN2OS/c1-8(6-7-16-2)13-11(15)9-4-3-5-10(12)14-9/h3-5,8H,6-7H2,1-2H3,(H,13,15). The van der Waals surface area contributed by atoms with E-state index in [9.17, 15) is 9.18 Å². The van der Waals surface area contributed by atoms with Crippen LogP contribution in [-0.4, -0.2) is 28.9 Å². The van der Waals surface area contributed by atoms with Crippen LogP contribution in [0.15, 0.2) is 18.2 Å². The van der Waals surface area contributed by atoms with Crippen LogP contribution in [0.25, 0.3) is 0 Å². The van der Waals surface area contributed by atoms with Crippen molar-refractivity contribution >= 4 is 17.7 Å². The SMILES string of the molecule is CSCCC(C)NC(=O)c1cccc(F)n1. The molecule has 16 heavy (non-hydrogen) atoms. The molecule has 1 aromatic heterocycles. The average Bonchev–Trinajstić information content (AvgIpc) is 2.26. The Morgan fingerprint density at radius 3 is 3.00 bits per heavy atom. The molecule has 1 atom stereocenters. The fourth-order valence-electron chi connectivity index (χ4n) is 1.20. The zero-order valence-electron chi connectivity index (χ0n) is 9.37. The first-order chi connectivity index (χ1) is 7.63. The van der Waals surface area contributed by atoms with Gasteiger partial charge in [-0.05, 0) is 37.5 Å². The van der Waals surface area contributed by atoms with E-state index in [-0.39, 0.29) is 17.6 Å². The van der Waals surface area contributed by atoms with Crippen molar-refractivity contribution < 1.29 is 9.18 Å². The van der Waals surface area contributed by atoms with Gasteiger partial charge < -0.3 is 5.32 Å². The van der Waals surface area contributed by atoms with E-state index < -0.39 is 5.95 Å². The second-order valence-electron chi connectivity index (χ2n) is 3.50. The maximum atomic E-state index is 12.8. The summed E-state index contributed by atoms with van der Waals surface area (Å²) in [7, 11) is 0. The van der Waals surface area contributed by atoms with Crippen LogP contribution >= 0.6 is 11.8 Å². The Labute approximate surface area is 98.8 Å². The number of aromatic nitrogens is 1. The van der Waals surface area contributed by atoms with Gasteiger partial charge in [-0.3, -0.25) is 4.79 Å².